The van der Waals surface area contributed by atoms with Gasteiger partial charge in [0.25, 0.3) is 0 Å². The van der Waals surface area contributed by atoms with Gasteiger partial charge in [-0.25, -0.2) is 9.78 Å². The Kier molecular flexibility index (Phi) is 8.10. The van der Waals surface area contributed by atoms with E-state index < -0.39 is 5.97 Å². The summed E-state index contributed by atoms with van der Waals surface area (Å²) in [6, 6.07) is 5.99. The second-order valence-electron chi connectivity index (χ2n) is 9.48. The van der Waals surface area contributed by atoms with Crippen LogP contribution in [0.4, 0.5) is 4.79 Å². The van der Waals surface area contributed by atoms with Crippen molar-refractivity contribution in [2.24, 2.45) is 5.92 Å². The van der Waals surface area contributed by atoms with E-state index in [0.29, 0.717) is 30.7 Å². The van der Waals surface area contributed by atoms with Gasteiger partial charge >= 0.3 is 12.1 Å². The summed E-state index contributed by atoms with van der Waals surface area (Å²) in [5.41, 5.74) is 2.37. The second-order valence-corrected chi connectivity index (χ2v) is 9.48. The minimum Gasteiger partial charge on any atom is -0.490 e. The predicted molar refractivity (Wildman–Crippen MR) is 130 cm³/mol. The zero-order chi connectivity index (χ0) is 24.8. The number of aromatic nitrogens is 1. The number of carboxylic acid groups (broad SMARTS) is 1. The van der Waals surface area contributed by atoms with Crippen LogP contribution in [-0.2, 0) is 22.6 Å². The maximum Gasteiger partial charge on any atom is 0.410 e. The van der Waals surface area contributed by atoms with Crippen LogP contribution in [0.1, 0.15) is 62.7 Å². The number of aliphatic carboxylic acids is 1. The molecule has 2 aromatic rings. The fourth-order valence-electron chi connectivity index (χ4n) is 5.09. The molecule has 2 aliphatic carbocycles. The molecular formula is C27H34N2O6. The number of hydrogen-bond acceptors (Lipinski definition) is 6. The molecule has 0 unspecified atom stereocenters. The summed E-state index contributed by atoms with van der Waals surface area (Å²) < 4.78 is 17.3. The van der Waals surface area contributed by atoms with Gasteiger partial charge in [-0.05, 0) is 68.7 Å². The maximum absolute atomic E-state index is 12.5. The highest BCUT2D eigenvalue weighted by Gasteiger charge is 2.29. The summed E-state index contributed by atoms with van der Waals surface area (Å²) >= 11 is 0. The van der Waals surface area contributed by atoms with E-state index in [9.17, 15) is 14.7 Å². The van der Waals surface area contributed by atoms with Gasteiger partial charge < -0.3 is 23.9 Å². The summed E-state index contributed by atoms with van der Waals surface area (Å²) in [4.78, 5) is 29.9. The lowest BCUT2D eigenvalue weighted by atomic mass is 9.87. The first kappa shape index (κ1) is 24.8. The monoisotopic (exact) mass is 482 g/mol. The van der Waals surface area contributed by atoms with Crippen LogP contribution in [0.5, 0.6) is 5.75 Å². The molecule has 0 aliphatic heterocycles. The van der Waals surface area contributed by atoms with Crippen LogP contribution in [0.25, 0.3) is 11.3 Å². The summed E-state index contributed by atoms with van der Waals surface area (Å²) in [5, 5.41) is 9.37. The fourth-order valence-corrected chi connectivity index (χ4v) is 5.09. The third-order valence-corrected chi connectivity index (χ3v) is 7.10. The number of amides is 1. The number of benzene rings is 1. The Morgan fingerprint density at radius 3 is 2.77 bits per heavy atom. The van der Waals surface area contributed by atoms with Crippen molar-refractivity contribution >= 4 is 12.1 Å². The summed E-state index contributed by atoms with van der Waals surface area (Å²) in [5.74, 6) is 0.0879. The Bertz CT molecular complexity index is 1040. The van der Waals surface area contributed by atoms with Crippen molar-refractivity contribution in [3.05, 3.63) is 48.6 Å². The average molecular weight is 483 g/mol. The highest BCUT2D eigenvalue weighted by Crippen LogP contribution is 2.33. The van der Waals surface area contributed by atoms with Crippen molar-refractivity contribution in [1.29, 1.82) is 0 Å². The number of rotatable bonds is 9. The number of allylic oxidation sites excluding steroid dienone is 1. The Labute approximate surface area is 205 Å². The molecule has 1 N–H and O–H groups in total. The van der Waals surface area contributed by atoms with Gasteiger partial charge in [0, 0.05) is 18.7 Å². The minimum atomic E-state index is -0.756. The molecule has 1 aromatic heterocycles. The molecule has 4 rings (SSSR count). The summed E-state index contributed by atoms with van der Waals surface area (Å²) in [6.45, 7) is 3.86. The predicted octanol–water partition coefficient (Wildman–Crippen LogP) is 5.60. The normalized spacial score (nSPS) is 20.4. The molecule has 8 nitrogen and oxygen atoms in total. The molecule has 0 spiro atoms. The average Bonchev–Trinajstić information content (AvgIpc) is 3.56. The van der Waals surface area contributed by atoms with Crippen LogP contribution in [-0.4, -0.2) is 46.2 Å². The lowest BCUT2D eigenvalue weighted by Crippen LogP contribution is -2.35. The van der Waals surface area contributed by atoms with Crippen molar-refractivity contribution in [2.45, 2.75) is 76.5 Å². The summed E-state index contributed by atoms with van der Waals surface area (Å²) in [6.07, 6.45) is 10.5. The standard InChI is InChI=1S/C27H34N2O6/c1-3-7-18-14-19(12-13-23(18)35-22-11-6-8-20(15-22)26(30)31)25-24(34-17-28-25)16-33-27(32)29(2)21-9-4-5-10-21/h3,12-14,17,20-22H,1,4-11,15-16H2,2H3,(H,30,31)/t20-,22-/m0/s1. The highest BCUT2D eigenvalue weighted by atomic mass is 16.6. The van der Waals surface area contributed by atoms with E-state index in [-0.39, 0.29) is 30.8 Å². The third-order valence-electron chi connectivity index (χ3n) is 7.10. The van der Waals surface area contributed by atoms with Crippen molar-refractivity contribution in [3.8, 4) is 17.0 Å². The first-order valence-corrected chi connectivity index (χ1v) is 12.4. The van der Waals surface area contributed by atoms with E-state index in [2.05, 4.69) is 11.6 Å². The Hall–Kier alpha value is -3.29. The molecule has 8 heteroatoms. The van der Waals surface area contributed by atoms with E-state index in [1.165, 1.54) is 6.39 Å². The largest absolute Gasteiger partial charge is 0.490 e. The number of ether oxygens (including phenoxy) is 2. The van der Waals surface area contributed by atoms with Crippen molar-refractivity contribution in [2.75, 3.05) is 7.05 Å². The fraction of sp³-hybridized carbons (Fsp3) is 0.519. The van der Waals surface area contributed by atoms with E-state index in [4.69, 9.17) is 13.9 Å². The van der Waals surface area contributed by atoms with Gasteiger partial charge in [-0.2, -0.15) is 0 Å². The number of oxazole rings is 1. The van der Waals surface area contributed by atoms with Crippen LogP contribution in [0, 0.1) is 5.92 Å². The Morgan fingerprint density at radius 1 is 1.23 bits per heavy atom. The Balaban J connectivity index is 1.45. The van der Waals surface area contributed by atoms with Gasteiger partial charge in [-0.1, -0.05) is 18.9 Å². The molecule has 2 saturated carbocycles. The molecule has 1 amide bonds. The van der Waals surface area contributed by atoms with E-state index in [1.54, 1.807) is 18.0 Å². The number of hydrogen-bond donors (Lipinski definition) is 1. The maximum atomic E-state index is 12.5. The molecule has 2 atom stereocenters. The quantitative estimate of drug-likeness (QED) is 0.464. The van der Waals surface area contributed by atoms with Gasteiger partial charge in [0.05, 0.1) is 12.0 Å². The topological polar surface area (TPSA) is 102 Å². The SMILES string of the molecule is C=CCc1cc(-c2ncoc2COC(=O)N(C)C2CCCC2)ccc1O[C@H]1CCC[C@H](C(=O)O)C1. The first-order chi connectivity index (χ1) is 17.0. The molecule has 1 heterocycles. The van der Waals surface area contributed by atoms with Gasteiger partial charge in [0.15, 0.2) is 18.8 Å². The Morgan fingerprint density at radius 2 is 2.03 bits per heavy atom. The lowest BCUT2D eigenvalue weighted by Gasteiger charge is -2.28. The first-order valence-electron chi connectivity index (χ1n) is 12.4. The van der Waals surface area contributed by atoms with Crippen molar-refractivity contribution < 1.29 is 28.6 Å². The lowest BCUT2D eigenvalue weighted by molar-refractivity contribution is -0.143. The van der Waals surface area contributed by atoms with Crippen LogP contribution < -0.4 is 4.74 Å². The molecule has 0 radical (unpaired) electrons. The number of carbonyl (C=O) groups excluding carboxylic acids is 1. The molecule has 35 heavy (non-hydrogen) atoms. The van der Waals surface area contributed by atoms with Crippen LogP contribution in [0.15, 0.2) is 41.7 Å². The van der Waals surface area contributed by atoms with Gasteiger partial charge in [-0.15, -0.1) is 6.58 Å². The second kappa shape index (κ2) is 11.4. The number of nitrogens with zero attached hydrogens (tertiary/aromatic N) is 2. The molecular weight excluding hydrogens is 448 g/mol. The van der Waals surface area contributed by atoms with Gasteiger partial charge in [0.1, 0.15) is 11.4 Å². The van der Waals surface area contributed by atoms with Crippen LogP contribution in [0.3, 0.4) is 0 Å². The van der Waals surface area contributed by atoms with Crippen LogP contribution >= 0.6 is 0 Å². The highest BCUT2D eigenvalue weighted by molar-refractivity contribution is 5.70. The zero-order valence-electron chi connectivity index (χ0n) is 20.3. The smallest absolute Gasteiger partial charge is 0.410 e. The molecule has 2 fully saturated rings. The van der Waals surface area contributed by atoms with Crippen molar-refractivity contribution in [1.82, 2.24) is 9.88 Å². The zero-order valence-corrected chi connectivity index (χ0v) is 20.3. The van der Waals surface area contributed by atoms with Crippen molar-refractivity contribution in [3.63, 3.8) is 0 Å². The van der Waals surface area contributed by atoms with Gasteiger partial charge in [-0.3, -0.25) is 4.79 Å². The summed E-state index contributed by atoms with van der Waals surface area (Å²) in [7, 11) is 1.78. The van der Waals surface area contributed by atoms with E-state index in [1.807, 2.05) is 18.2 Å². The number of carboxylic acids is 1. The molecule has 2 aliphatic rings. The molecule has 0 saturated heterocycles. The molecule has 1 aromatic carbocycles. The molecule has 188 valence electrons. The van der Waals surface area contributed by atoms with Gasteiger partial charge in [0.2, 0.25) is 0 Å². The van der Waals surface area contributed by atoms with Crippen LogP contribution in [0.2, 0.25) is 0 Å². The van der Waals surface area contributed by atoms with E-state index in [0.717, 1.165) is 55.4 Å². The third kappa shape index (κ3) is 6.05. The molecule has 0 bridgehead atoms. The van der Waals surface area contributed by atoms with E-state index >= 15 is 0 Å². The number of carbonyl (C=O) groups is 2. The minimum absolute atomic E-state index is 0.00107.